The lowest BCUT2D eigenvalue weighted by Gasteiger charge is -2.10. The molecule has 1 aromatic carbocycles. The second-order valence-electron chi connectivity index (χ2n) is 3.73. The molecule has 0 saturated heterocycles. The molecule has 0 fully saturated rings. The van der Waals surface area contributed by atoms with Crippen LogP contribution in [0.25, 0.3) is 5.69 Å². The maximum absolute atomic E-state index is 13.8. The molecule has 80 valence electrons. The molecular formula is C13H11FN2. The molecule has 0 unspecified atom stereocenters. The van der Waals surface area contributed by atoms with Crippen molar-refractivity contribution in [1.82, 2.24) is 4.57 Å². The van der Waals surface area contributed by atoms with E-state index in [1.807, 2.05) is 36.6 Å². The average molecular weight is 214 g/mol. The summed E-state index contributed by atoms with van der Waals surface area (Å²) in [4.78, 5) is 0. The Morgan fingerprint density at radius 1 is 1.12 bits per heavy atom. The Labute approximate surface area is 93.6 Å². The Bertz CT molecular complexity index is 557. The fourth-order valence-corrected chi connectivity index (χ4v) is 1.81. The van der Waals surface area contributed by atoms with Gasteiger partial charge in [-0.05, 0) is 44.2 Å². The zero-order valence-corrected chi connectivity index (χ0v) is 9.16. The van der Waals surface area contributed by atoms with E-state index in [1.54, 1.807) is 12.1 Å². The molecule has 0 aliphatic rings. The summed E-state index contributed by atoms with van der Waals surface area (Å²) in [6, 6.07) is 10.3. The molecule has 0 atom stereocenters. The first-order valence-electron chi connectivity index (χ1n) is 4.98. The van der Waals surface area contributed by atoms with Gasteiger partial charge in [0.25, 0.3) is 0 Å². The zero-order chi connectivity index (χ0) is 11.7. The third kappa shape index (κ3) is 1.59. The predicted octanol–water partition coefficient (Wildman–Crippen LogP) is 3.10. The van der Waals surface area contributed by atoms with Crippen LogP contribution in [0, 0.1) is 31.0 Å². The van der Waals surface area contributed by atoms with Gasteiger partial charge in [-0.15, -0.1) is 0 Å². The summed E-state index contributed by atoms with van der Waals surface area (Å²) in [6.07, 6.45) is 0. The summed E-state index contributed by atoms with van der Waals surface area (Å²) in [7, 11) is 0. The van der Waals surface area contributed by atoms with Crippen LogP contribution >= 0.6 is 0 Å². The van der Waals surface area contributed by atoms with Gasteiger partial charge < -0.3 is 4.57 Å². The van der Waals surface area contributed by atoms with Crippen LogP contribution in [0.15, 0.2) is 30.3 Å². The molecule has 2 rings (SSSR count). The van der Waals surface area contributed by atoms with Gasteiger partial charge in [0, 0.05) is 11.4 Å². The van der Waals surface area contributed by atoms with Crippen LogP contribution in [-0.4, -0.2) is 4.57 Å². The topological polar surface area (TPSA) is 28.7 Å². The van der Waals surface area contributed by atoms with Crippen LogP contribution in [0.4, 0.5) is 4.39 Å². The number of nitrogens with zero attached hydrogens (tertiary/aromatic N) is 2. The van der Waals surface area contributed by atoms with Crippen molar-refractivity contribution in [3.63, 3.8) is 0 Å². The minimum atomic E-state index is -0.374. The Hall–Kier alpha value is -2.08. The first-order chi connectivity index (χ1) is 7.63. The highest BCUT2D eigenvalue weighted by Gasteiger charge is 2.09. The van der Waals surface area contributed by atoms with Crippen molar-refractivity contribution in [3.8, 4) is 11.8 Å². The lowest BCUT2D eigenvalue weighted by molar-refractivity contribution is 0.615. The first kappa shape index (κ1) is 10.4. The number of aromatic nitrogens is 1. The molecule has 0 amide bonds. The van der Waals surface area contributed by atoms with Gasteiger partial charge >= 0.3 is 0 Å². The van der Waals surface area contributed by atoms with Crippen molar-refractivity contribution >= 4 is 0 Å². The maximum atomic E-state index is 13.8. The van der Waals surface area contributed by atoms with Gasteiger partial charge in [0.2, 0.25) is 0 Å². The molecule has 0 aliphatic carbocycles. The summed E-state index contributed by atoms with van der Waals surface area (Å²) in [6.45, 7) is 3.84. The number of benzene rings is 1. The molecule has 0 aliphatic heterocycles. The van der Waals surface area contributed by atoms with Gasteiger partial charge in [-0.1, -0.05) is 0 Å². The van der Waals surface area contributed by atoms with E-state index in [1.165, 1.54) is 6.07 Å². The van der Waals surface area contributed by atoms with Crippen LogP contribution < -0.4 is 0 Å². The van der Waals surface area contributed by atoms with Gasteiger partial charge in [0.15, 0.2) is 0 Å². The largest absolute Gasteiger partial charge is 0.316 e. The Morgan fingerprint density at radius 2 is 1.75 bits per heavy atom. The van der Waals surface area contributed by atoms with Crippen molar-refractivity contribution in [2.45, 2.75) is 13.8 Å². The number of halogens is 1. The van der Waals surface area contributed by atoms with E-state index in [2.05, 4.69) is 0 Å². The van der Waals surface area contributed by atoms with Crippen molar-refractivity contribution in [3.05, 3.63) is 53.1 Å². The standard InChI is InChI=1S/C13H11FN2/c1-9-3-4-10(2)16(9)13-6-5-11(8-15)7-12(13)14/h3-7H,1-2H3. The van der Waals surface area contributed by atoms with Crippen LogP contribution in [0.3, 0.4) is 0 Å². The monoisotopic (exact) mass is 214 g/mol. The van der Waals surface area contributed by atoms with Crippen LogP contribution in [0.2, 0.25) is 0 Å². The van der Waals surface area contributed by atoms with Crippen LogP contribution in [0.5, 0.6) is 0 Å². The van der Waals surface area contributed by atoms with Crippen molar-refractivity contribution in [1.29, 1.82) is 5.26 Å². The van der Waals surface area contributed by atoms with Gasteiger partial charge in [0.1, 0.15) is 5.82 Å². The fraction of sp³-hybridized carbons (Fsp3) is 0.154. The van der Waals surface area contributed by atoms with Crippen molar-refractivity contribution < 1.29 is 4.39 Å². The Balaban J connectivity index is 2.62. The molecule has 1 aromatic heterocycles. The smallest absolute Gasteiger partial charge is 0.148 e. The molecule has 16 heavy (non-hydrogen) atoms. The molecule has 0 spiro atoms. The van der Waals surface area contributed by atoms with E-state index >= 15 is 0 Å². The van der Waals surface area contributed by atoms with E-state index in [-0.39, 0.29) is 5.82 Å². The normalized spacial score (nSPS) is 10.1. The minimum Gasteiger partial charge on any atom is -0.316 e. The van der Waals surface area contributed by atoms with Crippen molar-refractivity contribution in [2.24, 2.45) is 0 Å². The lowest BCUT2D eigenvalue weighted by Crippen LogP contribution is -2.01. The highest BCUT2D eigenvalue weighted by atomic mass is 19.1. The quantitative estimate of drug-likeness (QED) is 0.717. The van der Waals surface area contributed by atoms with Gasteiger partial charge in [-0.3, -0.25) is 0 Å². The van der Waals surface area contributed by atoms with E-state index in [0.717, 1.165) is 11.4 Å². The summed E-state index contributed by atoms with van der Waals surface area (Å²) in [5.41, 5.74) is 2.77. The van der Waals surface area contributed by atoms with Gasteiger partial charge in [-0.2, -0.15) is 5.26 Å². The molecular weight excluding hydrogens is 203 g/mol. The summed E-state index contributed by atoms with van der Waals surface area (Å²) in [5, 5.41) is 8.67. The molecule has 0 N–H and O–H groups in total. The maximum Gasteiger partial charge on any atom is 0.148 e. The third-order valence-corrected chi connectivity index (χ3v) is 2.59. The highest BCUT2D eigenvalue weighted by molar-refractivity contribution is 5.43. The Morgan fingerprint density at radius 3 is 2.25 bits per heavy atom. The van der Waals surface area contributed by atoms with Crippen LogP contribution in [-0.2, 0) is 0 Å². The zero-order valence-electron chi connectivity index (χ0n) is 9.16. The molecule has 2 nitrogen and oxygen atoms in total. The fourth-order valence-electron chi connectivity index (χ4n) is 1.81. The molecule has 2 aromatic rings. The number of nitriles is 1. The van der Waals surface area contributed by atoms with E-state index in [0.29, 0.717) is 11.3 Å². The minimum absolute atomic E-state index is 0.337. The first-order valence-corrected chi connectivity index (χ1v) is 4.98. The summed E-state index contributed by atoms with van der Waals surface area (Å²) < 4.78 is 15.6. The highest BCUT2D eigenvalue weighted by Crippen LogP contribution is 2.20. The number of aryl methyl sites for hydroxylation is 2. The van der Waals surface area contributed by atoms with E-state index in [4.69, 9.17) is 5.26 Å². The van der Waals surface area contributed by atoms with Crippen molar-refractivity contribution in [2.75, 3.05) is 0 Å². The number of hydrogen-bond acceptors (Lipinski definition) is 1. The van der Waals surface area contributed by atoms with Crippen LogP contribution in [0.1, 0.15) is 17.0 Å². The predicted molar refractivity (Wildman–Crippen MR) is 59.9 cm³/mol. The Kier molecular flexibility index (Phi) is 2.49. The van der Waals surface area contributed by atoms with E-state index in [9.17, 15) is 4.39 Å². The third-order valence-electron chi connectivity index (χ3n) is 2.59. The SMILES string of the molecule is Cc1ccc(C)n1-c1ccc(C#N)cc1F. The van der Waals surface area contributed by atoms with Gasteiger partial charge in [0.05, 0.1) is 17.3 Å². The average Bonchev–Trinajstić information content (AvgIpc) is 2.59. The number of hydrogen-bond donors (Lipinski definition) is 0. The molecule has 0 saturated carbocycles. The second-order valence-corrected chi connectivity index (χ2v) is 3.73. The number of rotatable bonds is 1. The molecule has 3 heteroatoms. The second kappa shape index (κ2) is 3.82. The molecule has 1 heterocycles. The van der Waals surface area contributed by atoms with E-state index < -0.39 is 0 Å². The van der Waals surface area contributed by atoms with Gasteiger partial charge in [-0.25, -0.2) is 4.39 Å². The lowest BCUT2D eigenvalue weighted by atomic mass is 10.2. The summed E-state index contributed by atoms with van der Waals surface area (Å²) >= 11 is 0. The molecule has 0 radical (unpaired) electrons. The molecule has 0 bridgehead atoms. The summed E-state index contributed by atoms with van der Waals surface area (Å²) in [5.74, 6) is -0.374.